The molecule has 1 amide bonds. The fraction of sp³-hybridized carbons (Fsp3) is 0.364. The summed E-state index contributed by atoms with van der Waals surface area (Å²) in [6.07, 6.45) is 2.11. The van der Waals surface area contributed by atoms with Crippen molar-refractivity contribution in [2.45, 2.75) is 25.8 Å². The Kier molecular flexibility index (Phi) is 2.98. The van der Waals surface area contributed by atoms with Gasteiger partial charge in [0.05, 0.1) is 0 Å². The second-order valence-electron chi connectivity index (χ2n) is 4.20. The van der Waals surface area contributed by atoms with Gasteiger partial charge in [0.1, 0.15) is 0 Å². The van der Waals surface area contributed by atoms with Gasteiger partial charge in [-0.05, 0) is 36.9 Å². The third kappa shape index (κ3) is 2.43. The molecular formula is C11H14BNO3. The van der Waals surface area contributed by atoms with Crippen molar-refractivity contribution in [2.24, 2.45) is 0 Å². The third-order valence-corrected chi connectivity index (χ3v) is 2.71. The van der Waals surface area contributed by atoms with E-state index >= 15 is 0 Å². The van der Waals surface area contributed by atoms with Crippen LogP contribution in [-0.2, 0) is 0 Å². The number of carbonyl (C=O) groups excluding carboxylic acids is 1. The molecule has 0 atom stereocenters. The molecule has 16 heavy (non-hydrogen) atoms. The zero-order chi connectivity index (χ0) is 11.7. The van der Waals surface area contributed by atoms with Crippen LogP contribution in [0.1, 0.15) is 28.8 Å². The largest absolute Gasteiger partial charge is 0.488 e. The fourth-order valence-corrected chi connectivity index (χ4v) is 1.59. The second kappa shape index (κ2) is 4.27. The molecule has 3 N–H and O–H groups in total. The molecule has 2 rings (SSSR count). The number of carbonyl (C=O) groups is 1. The molecule has 1 fully saturated rings. The van der Waals surface area contributed by atoms with Crippen molar-refractivity contribution >= 4 is 18.5 Å². The van der Waals surface area contributed by atoms with Gasteiger partial charge < -0.3 is 15.4 Å². The molecule has 0 heterocycles. The summed E-state index contributed by atoms with van der Waals surface area (Å²) in [6, 6.07) is 5.13. The van der Waals surface area contributed by atoms with Crippen molar-refractivity contribution in [1.29, 1.82) is 0 Å². The molecule has 0 spiro atoms. The van der Waals surface area contributed by atoms with Crippen molar-refractivity contribution in [3.63, 3.8) is 0 Å². The first kappa shape index (κ1) is 11.2. The number of hydrogen-bond donors (Lipinski definition) is 3. The highest BCUT2D eigenvalue weighted by Gasteiger charge is 2.24. The molecule has 0 aliphatic heterocycles. The summed E-state index contributed by atoms with van der Waals surface area (Å²) in [5.74, 6) is -0.0843. The predicted molar refractivity (Wildman–Crippen MR) is 61.5 cm³/mol. The maximum Gasteiger partial charge on any atom is 0.488 e. The lowest BCUT2D eigenvalue weighted by molar-refractivity contribution is 0.0950. The summed E-state index contributed by atoms with van der Waals surface area (Å²) in [4.78, 5) is 11.8. The molecule has 1 aliphatic carbocycles. The van der Waals surface area contributed by atoms with Crippen LogP contribution in [0.15, 0.2) is 18.2 Å². The van der Waals surface area contributed by atoms with Crippen molar-refractivity contribution in [3.05, 3.63) is 29.3 Å². The number of rotatable bonds is 3. The Balaban J connectivity index is 2.17. The zero-order valence-corrected chi connectivity index (χ0v) is 9.10. The van der Waals surface area contributed by atoms with Gasteiger partial charge in [-0.1, -0.05) is 12.1 Å². The van der Waals surface area contributed by atoms with Crippen LogP contribution in [-0.4, -0.2) is 29.1 Å². The minimum atomic E-state index is -1.49. The fourth-order valence-electron chi connectivity index (χ4n) is 1.59. The SMILES string of the molecule is Cc1cc(B(O)O)ccc1C(=O)NC1CC1. The van der Waals surface area contributed by atoms with E-state index in [1.54, 1.807) is 25.1 Å². The number of amides is 1. The van der Waals surface area contributed by atoms with Crippen LogP contribution < -0.4 is 10.8 Å². The van der Waals surface area contributed by atoms with Crippen LogP contribution in [0.25, 0.3) is 0 Å². The molecule has 1 saturated carbocycles. The van der Waals surface area contributed by atoms with Gasteiger partial charge in [-0.25, -0.2) is 0 Å². The van der Waals surface area contributed by atoms with Gasteiger partial charge in [0.25, 0.3) is 5.91 Å². The maximum absolute atomic E-state index is 11.8. The molecule has 1 aromatic rings. The molecule has 0 aromatic heterocycles. The molecule has 0 unspecified atom stereocenters. The highest BCUT2D eigenvalue weighted by molar-refractivity contribution is 6.58. The molecular weight excluding hydrogens is 205 g/mol. The molecule has 1 aliphatic rings. The molecule has 5 heteroatoms. The van der Waals surface area contributed by atoms with Crippen LogP contribution in [0.2, 0.25) is 0 Å². The van der Waals surface area contributed by atoms with E-state index in [-0.39, 0.29) is 5.91 Å². The van der Waals surface area contributed by atoms with Gasteiger partial charge in [0.2, 0.25) is 0 Å². The Morgan fingerprint density at radius 1 is 1.44 bits per heavy atom. The topological polar surface area (TPSA) is 69.6 Å². The average molecular weight is 219 g/mol. The monoisotopic (exact) mass is 219 g/mol. The van der Waals surface area contributed by atoms with Crippen LogP contribution in [0.3, 0.4) is 0 Å². The van der Waals surface area contributed by atoms with E-state index in [2.05, 4.69) is 5.32 Å². The molecule has 0 bridgehead atoms. The lowest BCUT2D eigenvalue weighted by atomic mass is 9.79. The average Bonchev–Trinajstić information content (AvgIpc) is 3.01. The van der Waals surface area contributed by atoms with Crippen molar-refractivity contribution in [3.8, 4) is 0 Å². The van der Waals surface area contributed by atoms with Crippen molar-refractivity contribution < 1.29 is 14.8 Å². The van der Waals surface area contributed by atoms with Crippen LogP contribution in [0.4, 0.5) is 0 Å². The van der Waals surface area contributed by atoms with E-state index in [4.69, 9.17) is 10.0 Å². The summed E-state index contributed by atoms with van der Waals surface area (Å²) in [6.45, 7) is 1.79. The number of nitrogens with one attached hydrogen (secondary N) is 1. The number of aryl methyl sites for hydroxylation is 1. The Labute approximate surface area is 94.4 Å². The maximum atomic E-state index is 11.8. The minimum Gasteiger partial charge on any atom is -0.423 e. The summed E-state index contributed by atoms with van der Waals surface area (Å²) in [5, 5.41) is 20.9. The lowest BCUT2D eigenvalue weighted by Crippen LogP contribution is -2.31. The summed E-state index contributed by atoms with van der Waals surface area (Å²) >= 11 is 0. The van der Waals surface area contributed by atoms with Gasteiger partial charge in [-0.2, -0.15) is 0 Å². The summed E-state index contributed by atoms with van der Waals surface area (Å²) < 4.78 is 0. The molecule has 1 aromatic carbocycles. The van der Waals surface area contributed by atoms with Crippen LogP contribution >= 0.6 is 0 Å². The van der Waals surface area contributed by atoms with E-state index in [1.807, 2.05) is 0 Å². The molecule has 0 saturated heterocycles. The second-order valence-corrected chi connectivity index (χ2v) is 4.20. The molecule has 0 radical (unpaired) electrons. The van der Waals surface area contributed by atoms with Gasteiger partial charge in [-0.15, -0.1) is 0 Å². The first-order chi connectivity index (χ1) is 7.58. The highest BCUT2D eigenvalue weighted by atomic mass is 16.4. The highest BCUT2D eigenvalue weighted by Crippen LogP contribution is 2.19. The minimum absolute atomic E-state index is 0.0843. The summed E-state index contributed by atoms with van der Waals surface area (Å²) in [5.41, 5.74) is 1.75. The Morgan fingerprint density at radius 3 is 2.62 bits per heavy atom. The third-order valence-electron chi connectivity index (χ3n) is 2.71. The van der Waals surface area contributed by atoms with E-state index < -0.39 is 7.12 Å². The number of hydrogen-bond acceptors (Lipinski definition) is 3. The quantitative estimate of drug-likeness (QED) is 0.604. The Morgan fingerprint density at radius 2 is 2.12 bits per heavy atom. The van der Waals surface area contributed by atoms with Gasteiger partial charge in [-0.3, -0.25) is 4.79 Å². The van der Waals surface area contributed by atoms with Crippen LogP contribution in [0.5, 0.6) is 0 Å². The van der Waals surface area contributed by atoms with Crippen LogP contribution in [0, 0.1) is 6.92 Å². The van der Waals surface area contributed by atoms with Gasteiger partial charge in [0, 0.05) is 11.6 Å². The molecule has 84 valence electrons. The van der Waals surface area contributed by atoms with Gasteiger partial charge >= 0.3 is 7.12 Å². The predicted octanol–water partition coefficient (Wildman–Crippen LogP) is -0.433. The first-order valence-corrected chi connectivity index (χ1v) is 5.35. The Hall–Kier alpha value is -1.33. The normalized spacial score (nSPS) is 14.7. The van der Waals surface area contributed by atoms with E-state index in [1.165, 1.54) is 0 Å². The zero-order valence-electron chi connectivity index (χ0n) is 9.10. The van der Waals surface area contributed by atoms with E-state index in [0.717, 1.165) is 18.4 Å². The lowest BCUT2D eigenvalue weighted by Gasteiger charge is -2.08. The number of benzene rings is 1. The van der Waals surface area contributed by atoms with E-state index in [0.29, 0.717) is 17.1 Å². The van der Waals surface area contributed by atoms with Gasteiger partial charge in [0.15, 0.2) is 0 Å². The smallest absolute Gasteiger partial charge is 0.423 e. The molecule has 4 nitrogen and oxygen atoms in total. The standard InChI is InChI=1S/C11H14BNO3/c1-7-6-8(12(15)16)2-5-10(7)11(14)13-9-3-4-9/h2,5-6,9,15-16H,3-4H2,1H3,(H,13,14). The van der Waals surface area contributed by atoms with E-state index in [9.17, 15) is 4.79 Å². The van der Waals surface area contributed by atoms with Crippen molar-refractivity contribution in [1.82, 2.24) is 5.32 Å². The van der Waals surface area contributed by atoms with Crippen molar-refractivity contribution in [2.75, 3.05) is 0 Å². The first-order valence-electron chi connectivity index (χ1n) is 5.35. The summed E-state index contributed by atoms with van der Waals surface area (Å²) in [7, 11) is -1.49. The Bertz CT molecular complexity index is 416.